The van der Waals surface area contributed by atoms with Crippen molar-refractivity contribution in [1.82, 2.24) is 14.4 Å². The molecule has 114 valence electrons. The first kappa shape index (κ1) is 13.5. The van der Waals surface area contributed by atoms with Crippen molar-refractivity contribution >= 4 is 27.6 Å². The van der Waals surface area contributed by atoms with Gasteiger partial charge < -0.3 is 9.47 Å². The van der Waals surface area contributed by atoms with Gasteiger partial charge in [0.1, 0.15) is 5.65 Å². The summed E-state index contributed by atoms with van der Waals surface area (Å²) < 4.78 is 12.1. The van der Waals surface area contributed by atoms with Gasteiger partial charge in [0.2, 0.25) is 0 Å². The van der Waals surface area contributed by atoms with Crippen molar-refractivity contribution in [2.45, 2.75) is 0 Å². The Kier molecular flexibility index (Phi) is 2.90. The number of benzene rings is 1. The molecule has 4 aromatic rings. The van der Waals surface area contributed by atoms with Crippen LogP contribution >= 0.6 is 0 Å². The molecule has 1 aromatic carbocycles. The highest BCUT2D eigenvalue weighted by atomic mass is 16.5. The normalized spacial score (nSPS) is 11.2. The summed E-state index contributed by atoms with van der Waals surface area (Å²) in [4.78, 5) is 21.6. The summed E-state index contributed by atoms with van der Waals surface area (Å²) in [6.07, 6.45) is 1.70. The van der Waals surface area contributed by atoms with E-state index in [0.29, 0.717) is 33.7 Å². The molecule has 0 fully saturated rings. The van der Waals surface area contributed by atoms with Gasteiger partial charge in [0.15, 0.2) is 17.1 Å². The third kappa shape index (κ3) is 1.99. The van der Waals surface area contributed by atoms with Gasteiger partial charge in [0.05, 0.1) is 25.1 Å². The first-order valence-electron chi connectivity index (χ1n) is 7.05. The minimum atomic E-state index is -0.144. The number of rotatable bonds is 2. The molecule has 0 unspecified atom stereocenters. The highest BCUT2D eigenvalue weighted by Crippen LogP contribution is 2.32. The molecule has 6 nitrogen and oxygen atoms in total. The predicted molar refractivity (Wildman–Crippen MR) is 87.4 cm³/mol. The second kappa shape index (κ2) is 4.95. The van der Waals surface area contributed by atoms with E-state index in [9.17, 15) is 4.79 Å². The van der Waals surface area contributed by atoms with E-state index >= 15 is 0 Å². The number of aromatic nitrogens is 3. The highest BCUT2D eigenvalue weighted by Gasteiger charge is 2.11. The van der Waals surface area contributed by atoms with Crippen LogP contribution in [0.2, 0.25) is 0 Å². The van der Waals surface area contributed by atoms with E-state index in [1.54, 1.807) is 50.7 Å². The van der Waals surface area contributed by atoms with Crippen molar-refractivity contribution in [3.05, 3.63) is 52.9 Å². The highest BCUT2D eigenvalue weighted by molar-refractivity contribution is 5.93. The molecule has 23 heavy (non-hydrogen) atoms. The lowest BCUT2D eigenvalue weighted by molar-refractivity contribution is 0.356. The van der Waals surface area contributed by atoms with Crippen molar-refractivity contribution in [2.24, 2.45) is 0 Å². The second-order valence-electron chi connectivity index (χ2n) is 5.11. The average molecular weight is 307 g/mol. The molecule has 0 N–H and O–H groups in total. The van der Waals surface area contributed by atoms with Gasteiger partial charge in [-0.15, -0.1) is 0 Å². The molecule has 0 saturated heterocycles. The van der Waals surface area contributed by atoms with E-state index in [1.165, 1.54) is 4.40 Å². The SMILES string of the molecule is COc1cc2cc3c(=O)n4ccccc4nc3nc2cc1OC. The van der Waals surface area contributed by atoms with Gasteiger partial charge in [-0.05, 0) is 24.3 Å². The topological polar surface area (TPSA) is 65.7 Å². The maximum absolute atomic E-state index is 12.6. The Morgan fingerprint density at radius 2 is 1.78 bits per heavy atom. The number of pyridine rings is 2. The molecule has 0 aliphatic carbocycles. The first-order valence-corrected chi connectivity index (χ1v) is 7.05. The molecule has 0 aliphatic heterocycles. The van der Waals surface area contributed by atoms with Gasteiger partial charge in [-0.25, -0.2) is 9.97 Å². The fourth-order valence-corrected chi connectivity index (χ4v) is 2.67. The third-order valence-electron chi connectivity index (χ3n) is 3.81. The zero-order chi connectivity index (χ0) is 16.0. The van der Waals surface area contributed by atoms with E-state index < -0.39 is 0 Å². The molecule has 0 saturated carbocycles. The van der Waals surface area contributed by atoms with Crippen LogP contribution in [-0.4, -0.2) is 28.6 Å². The molecule has 0 amide bonds. The molecular formula is C17H13N3O3. The monoisotopic (exact) mass is 307 g/mol. The van der Waals surface area contributed by atoms with Crippen LogP contribution < -0.4 is 15.0 Å². The van der Waals surface area contributed by atoms with Crippen LogP contribution in [0.1, 0.15) is 0 Å². The molecule has 0 aliphatic rings. The summed E-state index contributed by atoms with van der Waals surface area (Å²) in [7, 11) is 3.14. The summed E-state index contributed by atoms with van der Waals surface area (Å²) in [5, 5.41) is 1.26. The zero-order valence-electron chi connectivity index (χ0n) is 12.6. The lowest BCUT2D eigenvalue weighted by atomic mass is 10.1. The van der Waals surface area contributed by atoms with Crippen molar-refractivity contribution in [3.8, 4) is 11.5 Å². The zero-order valence-corrected chi connectivity index (χ0v) is 12.6. The van der Waals surface area contributed by atoms with Crippen molar-refractivity contribution in [2.75, 3.05) is 14.2 Å². The minimum absolute atomic E-state index is 0.144. The van der Waals surface area contributed by atoms with Crippen molar-refractivity contribution < 1.29 is 9.47 Å². The summed E-state index contributed by atoms with van der Waals surface area (Å²) in [6, 6.07) is 10.8. The van der Waals surface area contributed by atoms with Gasteiger partial charge in [0.25, 0.3) is 5.56 Å². The van der Waals surface area contributed by atoms with Gasteiger partial charge in [-0.1, -0.05) is 6.07 Å². The molecule has 6 heteroatoms. The Bertz CT molecular complexity index is 1120. The van der Waals surface area contributed by atoms with Crippen LogP contribution in [0.15, 0.2) is 47.4 Å². The summed E-state index contributed by atoms with van der Waals surface area (Å²) in [5.74, 6) is 1.18. The number of hydrogen-bond donors (Lipinski definition) is 0. The number of nitrogens with zero attached hydrogens (tertiary/aromatic N) is 3. The molecule has 4 rings (SSSR count). The second-order valence-corrected chi connectivity index (χ2v) is 5.11. The van der Waals surface area contributed by atoms with Gasteiger partial charge in [0, 0.05) is 17.6 Å². The molecule has 3 aromatic heterocycles. The quantitative estimate of drug-likeness (QED) is 0.532. The summed E-state index contributed by atoms with van der Waals surface area (Å²) in [6.45, 7) is 0. The van der Waals surface area contributed by atoms with E-state index in [1.807, 2.05) is 6.07 Å². The maximum atomic E-state index is 12.6. The average Bonchev–Trinajstić information content (AvgIpc) is 2.59. The smallest absolute Gasteiger partial charge is 0.267 e. The maximum Gasteiger partial charge on any atom is 0.267 e. The lowest BCUT2D eigenvalue weighted by Gasteiger charge is -2.09. The Labute approximate surface area is 130 Å². The fourth-order valence-electron chi connectivity index (χ4n) is 2.67. The van der Waals surface area contributed by atoms with Crippen LogP contribution in [0.3, 0.4) is 0 Å². The molecule has 0 bridgehead atoms. The lowest BCUT2D eigenvalue weighted by Crippen LogP contribution is -2.15. The molecule has 0 radical (unpaired) electrons. The van der Waals surface area contributed by atoms with Crippen molar-refractivity contribution in [3.63, 3.8) is 0 Å². The Morgan fingerprint density at radius 1 is 1.00 bits per heavy atom. The third-order valence-corrected chi connectivity index (χ3v) is 3.81. The first-order chi connectivity index (χ1) is 11.2. The number of hydrogen-bond acceptors (Lipinski definition) is 5. The van der Waals surface area contributed by atoms with Crippen LogP contribution in [0.4, 0.5) is 0 Å². The van der Waals surface area contributed by atoms with Gasteiger partial charge >= 0.3 is 0 Å². The van der Waals surface area contributed by atoms with Crippen LogP contribution in [0, 0.1) is 0 Å². The van der Waals surface area contributed by atoms with E-state index in [2.05, 4.69) is 9.97 Å². The van der Waals surface area contributed by atoms with Gasteiger partial charge in [-0.2, -0.15) is 0 Å². The Morgan fingerprint density at radius 3 is 2.57 bits per heavy atom. The fraction of sp³-hybridized carbons (Fsp3) is 0.118. The Hall–Kier alpha value is -3.15. The van der Waals surface area contributed by atoms with Gasteiger partial charge in [-0.3, -0.25) is 9.20 Å². The molecule has 3 heterocycles. The summed E-state index contributed by atoms with van der Waals surface area (Å²) in [5.41, 5.74) is 1.54. The predicted octanol–water partition coefficient (Wildman–Crippen LogP) is 2.41. The largest absolute Gasteiger partial charge is 0.493 e. The van der Waals surface area contributed by atoms with E-state index in [0.717, 1.165) is 5.39 Å². The molecule has 0 spiro atoms. The summed E-state index contributed by atoms with van der Waals surface area (Å²) >= 11 is 0. The van der Waals surface area contributed by atoms with Crippen LogP contribution in [0.5, 0.6) is 11.5 Å². The van der Waals surface area contributed by atoms with E-state index in [4.69, 9.17) is 9.47 Å². The minimum Gasteiger partial charge on any atom is -0.493 e. The van der Waals surface area contributed by atoms with E-state index in [-0.39, 0.29) is 5.56 Å². The van der Waals surface area contributed by atoms with Crippen molar-refractivity contribution in [1.29, 1.82) is 0 Å². The number of ether oxygens (including phenoxy) is 2. The number of fused-ring (bicyclic) bond motifs is 3. The molecular weight excluding hydrogens is 294 g/mol. The number of methoxy groups -OCH3 is 2. The molecule has 0 atom stereocenters. The standard InChI is InChI=1S/C17H13N3O3/c1-22-13-8-10-7-11-16(18-12(10)9-14(13)23-2)19-15-5-3-4-6-20(15)17(11)21/h3-9H,1-2H3. The van der Waals surface area contributed by atoms with Crippen LogP contribution in [-0.2, 0) is 0 Å². The Balaban J connectivity index is 2.14. The van der Waals surface area contributed by atoms with Crippen LogP contribution in [0.25, 0.3) is 27.6 Å².